The van der Waals surface area contributed by atoms with Gasteiger partial charge < -0.3 is 90.7 Å². The smallest absolute Gasteiger partial charge is 0.326 e. The molecule has 0 aliphatic carbocycles. The third kappa shape index (κ3) is 27.5. The zero-order valence-corrected chi connectivity index (χ0v) is 54.6. The molecular weight excluding hydrogens is 1230 g/mol. The van der Waals surface area contributed by atoms with Crippen LogP contribution in [-0.4, -0.2) is 171 Å². The van der Waals surface area contributed by atoms with Crippen molar-refractivity contribution in [1.82, 2.24) is 58.2 Å². The molecule has 0 aliphatic rings. The van der Waals surface area contributed by atoms with Gasteiger partial charge in [0.25, 0.3) is 0 Å². The van der Waals surface area contributed by atoms with Gasteiger partial charge in [0.1, 0.15) is 60.1 Å². The van der Waals surface area contributed by atoms with Crippen molar-refractivity contribution >= 4 is 87.9 Å². The highest BCUT2D eigenvalue weighted by atomic mass is 16.4. The van der Waals surface area contributed by atoms with Crippen molar-refractivity contribution in [1.29, 1.82) is 0 Å². The first-order valence-electron chi connectivity index (χ1n) is 31.5. The molecule has 0 radical (unpaired) electrons. The number of carboxylic acid groups (broad SMARTS) is 2. The van der Waals surface area contributed by atoms with Crippen LogP contribution in [-0.2, 0) is 76.8 Å². The maximum absolute atomic E-state index is 14.7. The predicted octanol–water partition coefficient (Wildman–Crippen LogP) is -0.499. The molecule has 0 saturated heterocycles. The molecule has 95 heavy (non-hydrogen) atoms. The SMILES string of the molecule is CC(C)C[C@H](NC(=O)[C@H](Cc1c[nH]c2ccccc12)NC(=O)CNC(=O)[C@H](CCC(=O)O)NC(=O)[C@H](CCCN=C(N)N)NC(=O)CN)C(=O)N[C@@H](CC(C)C)C(=O)N[C@@H](CC(C)C)C(=O)N[C@@H](Cc1ccccc1)C(=O)N[C@@H](C)C(=O)N[C@@H](Cc1ccc(O)cc1)C(=O)O. The number of nitrogens with one attached hydrogen (secondary N) is 11. The number of para-hydroxylation sites is 1. The van der Waals surface area contributed by atoms with Crippen molar-refractivity contribution in [2.75, 3.05) is 19.6 Å². The first kappa shape index (κ1) is 77.3. The van der Waals surface area contributed by atoms with Crippen molar-refractivity contribution in [2.24, 2.45) is 39.9 Å². The Morgan fingerprint density at radius 2 is 0.937 bits per heavy atom. The van der Waals surface area contributed by atoms with E-state index in [1.165, 1.54) is 31.2 Å². The van der Waals surface area contributed by atoms with E-state index in [1.54, 1.807) is 102 Å². The fraction of sp³-hybridized carbons (Fsp3) is 0.492. The number of H-pyrrole nitrogens is 1. The number of carbonyl (C=O) groups excluding carboxylic acids is 10. The summed E-state index contributed by atoms with van der Waals surface area (Å²) in [6.45, 7) is 11.0. The second-order valence-corrected chi connectivity index (χ2v) is 24.5. The van der Waals surface area contributed by atoms with Crippen LogP contribution in [0.25, 0.3) is 10.9 Å². The number of hydrogen-bond acceptors (Lipinski definition) is 15. The van der Waals surface area contributed by atoms with Crippen molar-refractivity contribution in [3.8, 4) is 5.75 Å². The maximum atomic E-state index is 14.7. The van der Waals surface area contributed by atoms with Gasteiger partial charge in [-0.2, -0.15) is 0 Å². The number of phenolic OH excluding ortho intramolecular Hbond substituents is 1. The molecule has 30 nitrogen and oxygen atoms in total. The van der Waals surface area contributed by atoms with Gasteiger partial charge in [0.05, 0.1) is 13.1 Å². The molecule has 10 amide bonds. The number of aromatic hydroxyl groups is 1. The second-order valence-electron chi connectivity index (χ2n) is 24.5. The number of guanidine groups is 1. The standard InChI is InChI=1S/C65H93N15O15/c1-35(2)26-47(60(90)77-49(28-37(5)6)62(92)79-50(29-39-14-9-8-10-15-39)59(89)72-38(7)56(86)80-52(64(94)95)30-40-19-21-42(81)22-20-40)76-61(91)48(27-36(3)4)78-63(93)51(31-41-33-70-44-17-12-11-16-43(41)44)74-54(83)34-71-57(87)46(23-24-55(84)85)75-58(88)45(73-53(82)32-66)18-13-25-69-65(67)68/h8-12,14-17,19-22,33,35-38,45-52,70,81H,13,18,23-32,34,66H2,1-7H3,(H,71,87)(H,72,89)(H,73,82)(H,74,83)(H,75,88)(H,76,91)(H,77,90)(H,78,93)(H,79,92)(H,80,86)(H,84,85)(H,94,95)(H4,67,68,69)/t38-,45-,46-,47-,48-,49-,50-,51-,52-/m0/s1. The Morgan fingerprint density at radius 1 is 0.484 bits per heavy atom. The summed E-state index contributed by atoms with van der Waals surface area (Å²) in [4.78, 5) is 170. The van der Waals surface area contributed by atoms with E-state index in [-0.39, 0.29) is 87.4 Å². The van der Waals surface area contributed by atoms with Gasteiger partial charge in [-0.25, -0.2) is 4.79 Å². The number of aliphatic imine (C=N–C) groups is 1. The number of carboxylic acids is 2. The highest BCUT2D eigenvalue weighted by molar-refractivity contribution is 5.99. The number of rotatable bonds is 40. The van der Waals surface area contributed by atoms with Crippen molar-refractivity contribution in [2.45, 2.75) is 167 Å². The van der Waals surface area contributed by atoms with Crippen LogP contribution in [0.5, 0.6) is 5.75 Å². The van der Waals surface area contributed by atoms with Gasteiger partial charge in [-0.3, -0.25) is 57.7 Å². The Hall–Kier alpha value is -10.1. The minimum Gasteiger partial charge on any atom is -0.508 e. The molecule has 4 rings (SSSR count). The van der Waals surface area contributed by atoms with Crippen LogP contribution in [0, 0.1) is 17.8 Å². The lowest BCUT2D eigenvalue weighted by Crippen LogP contribution is -2.60. The summed E-state index contributed by atoms with van der Waals surface area (Å²) in [7, 11) is 0. The molecule has 0 bridgehead atoms. The summed E-state index contributed by atoms with van der Waals surface area (Å²) in [5.41, 5.74) is 18.7. The molecule has 9 atom stereocenters. The van der Waals surface area contributed by atoms with Crippen LogP contribution in [0.3, 0.4) is 0 Å². The number of nitrogens with zero attached hydrogens (tertiary/aromatic N) is 1. The second kappa shape index (κ2) is 38.8. The normalized spacial score (nSPS) is 14.0. The Morgan fingerprint density at radius 3 is 1.47 bits per heavy atom. The van der Waals surface area contributed by atoms with Crippen molar-refractivity contribution < 1.29 is 72.9 Å². The van der Waals surface area contributed by atoms with Gasteiger partial charge in [-0.05, 0) is 98.1 Å². The topological polar surface area (TPSA) is 492 Å². The lowest BCUT2D eigenvalue weighted by atomic mass is 9.98. The van der Waals surface area contributed by atoms with E-state index in [1.807, 2.05) is 0 Å². The van der Waals surface area contributed by atoms with Crippen molar-refractivity contribution in [3.63, 3.8) is 0 Å². The predicted molar refractivity (Wildman–Crippen MR) is 352 cm³/mol. The van der Waals surface area contributed by atoms with Crippen LogP contribution in [0.4, 0.5) is 0 Å². The van der Waals surface area contributed by atoms with E-state index in [0.29, 0.717) is 27.6 Å². The largest absolute Gasteiger partial charge is 0.508 e. The quantitative estimate of drug-likeness (QED) is 0.0152. The number of nitrogens with two attached hydrogens (primary N) is 3. The number of fused-ring (bicyclic) bond motifs is 1. The molecule has 0 unspecified atom stereocenters. The summed E-state index contributed by atoms with van der Waals surface area (Å²) in [6.07, 6.45) is 0.547. The number of aliphatic carboxylic acids is 2. The van der Waals surface area contributed by atoms with Gasteiger partial charge in [0.15, 0.2) is 5.96 Å². The Labute approximate surface area is 551 Å². The molecule has 0 fully saturated rings. The number of carbonyl (C=O) groups is 12. The minimum absolute atomic E-state index is 0.0152. The molecule has 1 heterocycles. The lowest BCUT2D eigenvalue weighted by molar-refractivity contribution is -0.142. The van der Waals surface area contributed by atoms with Crippen LogP contribution < -0.4 is 70.4 Å². The summed E-state index contributed by atoms with van der Waals surface area (Å²) in [5.74, 6) is -11.9. The zero-order chi connectivity index (χ0) is 70.5. The summed E-state index contributed by atoms with van der Waals surface area (Å²) < 4.78 is 0. The summed E-state index contributed by atoms with van der Waals surface area (Å²) >= 11 is 0. The number of aromatic nitrogens is 1. The Balaban J connectivity index is 1.56. The first-order chi connectivity index (χ1) is 44.9. The number of phenols is 1. The Kier molecular flexibility index (Phi) is 31.6. The van der Waals surface area contributed by atoms with Gasteiger partial charge >= 0.3 is 11.9 Å². The lowest BCUT2D eigenvalue weighted by Gasteiger charge is -2.29. The number of benzene rings is 3. The monoisotopic (exact) mass is 1320 g/mol. The molecule has 4 aromatic rings. The highest BCUT2D eigenvalue weighted by Gasteiger charge is 2.36. The summed E-state index contributed by atoms with van der Waals surface area (Å²) in [6, 6.07) is 9.35. The van der Waals surface area contributed by atoms with Gasteiger partial charge in [0.2, 0.25) is 59.1 Å². The molecular formula is C65H93N15O15. The molecule has 1 aromatic heterocycles. The van der Waals surface area contributed by atoms with E-state index in [0.717, 1.165) is 0 Å². The molecule has 518 valence electrons. The highest BCUT2D eigenvalue weighted by Crippen LogP contribution is 2.21. The zero-order valence-electron chi connectivity index (χ0n) is 54.6. The van der Waals surface area contributed by atoms with Gasteiger partial charge in [-0.1, -0.05) is 102 Å². The molecule has 0 spiro atoms. The number of aromatic amines is 1. The summed E-state index contributed by atoms with van der Waals surface area (Å²) in [5, 5.41) is 55.8. The third-order valence-corrected chi connectivity index (χ3v) is 14.9. The number of amides is 10. The average molecular weight is 1320 g/mol. The molecule has 3 aromatic carbocycles. The van der Waals surface area contributed by atoms with Gasteiger partial charge in [0, 0.05) is 49.3 Å². The van der Waals surface area contributed by atoms with E-state index >= 15 is 0 Å². The van der Waals surface area contributed by atoms with Crippen LogP contribution in [0.1, 0.15) is 110 Å². The van der Waals surface area contributed by atoms with Crippen molar-refractivity contribution in [3.05, 3.63) is 102 Å². The van der Waals surface area contributed by atoms with E-state index in [9.17, 15) is 72.9 Å². The van der Waals surface area contributed by atoms with E-state index < -0.39 is 151 Å². The van der Waals surface area contributed by atoms with E-state index in [4.69, 9.17) is 17.2 Å². The van der Waals surface area contributed by atoms with Gasteiger partial charge in [-0.15, -0.1) is 0 Å². The molecule has 0 saturated carbocycles. The van der Waals surface area contributed by atoms with Crippen LogP contribution >= 0.6 is 0 Å². The van der Waals surface area contributed by atoms with Crippen LogP contribution in [0.2, 0.25) is 0 Å². The molecule has 0 aliphatic heterocycles. The fourth-order valence-electron chi connectivity index (χ4n) is 10.1. The maximum Gasteiger partial charge on any atom is 0.326 e. The average Bonchev–Trinajstić information content (AvgIpc) is 1.74. The third-order valence-electron chi connectivity index (χ3n) is 14.9. The molecule has 20 N–H and O–H groups in total. The fourth-order valence-corrected chi connectivity index (χ4v) is 10.1. The Bertz CT molecular complexity index is 3300. The van der Waals surface area contributed by atoms with Crippen LogP contribution in [0.15, 0.2) is 90.1 Å². The van der Waals surface area contributed by atoms with E-state index in [2.05, 4.69) is 63.1 Å². The number of hydrogen-bond donors (Lipinski definition) is 17. The minimum atomic E-state index is -1.54. The molecule has 30 heteroatoms. The first-order valence-corrected chi connectivity index (χ1v) is 31.5.